The van der Waals surface area contributed by atoms with Crippen LogP contribution < -0.4 is 10.6 Å². The van der Waals surface area contributed by atoms with Crippen LogP contribution in [0.3, 0.4) is 0 Å². The lowest BCUT2D eigenvalue weighted by molar-refractivity contribution is -0.137. The van der Waals surface area contributed by atoms with E-state index in [2.05, 4.69) is 20.6 Å². The van der Waals surface area contributed by atoms with Gasteiger partial charge in [0.1, 0.15) is 5.65 Å². The second kappa shape index (κ2) is 8.92. The van der Waals surface area contributed by atoms with E-state index in [1.54, 1.807) is 29.5 Å². The van der Waals surface area contributed by atoms with Crippen molar-refractivity contribution in [3.05, 3.63) is 94.3 Å². The molecule has 0 saturated heterocycles. The Morgan fingerprint density at radius 3 is 2.66 bits per heavy atom. The topological polar surface area (TPSA) is 69.8 Å². The van der Waals surface area contributed by atoms with Crippen LogP contribution in [0.2, 0.25) is 0 Å². The monoisotopic (exact) mass is 492 g/mol. The number of anilines is 3. The summed E-state index contributed by atoms with van der Waals surface area (Å²) in [6.45, 7) is 1.91. The molecule has 9 heteroatoms. The molecule has 3 N–H and O–H groups in total. The Labute approximate surface area is 202 Å². The number of hydrogen-bond acceptors (Lipinski definition) is 4. The summed E-state index contributed by atoms with van der Waals surface area (Å²) in [5, 5.41) is 10.9. The molecule has 3 aromatic heterocycles. The molecule has 0 fully saturated rings. The number of aryl methyl sites for hydroxylation is 1. The molecule has 5 aromatic rings. The van der Waals surface area contributed by atoms with E-state index in [1.165, 1.54) is 12.1 Å². The number of fused-ring (bicyclic) bond motifs is 1. The van der Waals surface area contributed by atoms with E-state index in [-0.39, 0.29) is 5.69 Å². The van der Waals surface area contributed by atoms with Crippen molar-refractivity contribution in [3.8, 4) is 11.3 Å². The Balaban J connectivity index is 1.44. The standard InChI is InChI=1S/C26H19F3N4OS/c1-15-5-6-16(25(34)31-19-4-2-3-18(12-19)26(27,28)29)11-21(15)32-23-13-22(17-8-10-35-14-17)33-24-20(23)7-9-30-24/h2-14H,1H3,(H,31,34)(H2,30,32,33). The Morgan fingerprint density at radius 1 is 1.03 bits per heavy atom. The quantitative estimate of drug-likeness (QED) is 0.236. The number of amides is 1. The summed E-state index contributed by atoms with van der Waals surface area (Å²) in [6, 6.07) is 15.5. The summed E-state index contributed by atoms with van der Waals surface area (Å²) in [5.41, 5.74) is 4.51. The maximum Gasteiger partial charge on any atom is 0.416 e. The maximum absolute atomic E-state index is 13.0. The van der Waals surface area contributed by atoms with E-state index in [0.717, 1.165) is 45.7 Å². The zero-order valence-electron chi connectivity index (χ0n) is 18.4. The fourth-order valence-corrected chi connectivity index (χ4v) is 4.37. The third kappa shape index (κ3) is 4.76. The lowest BCUT2D eigenvalue weighted by Gasteiger charge is -2.14. The summed E-state index contributed by atoms with van der Waals surface area (Å²) in [4.78, 5) is 20.7. The fraction of sp³-hybridized carbons (Fsp3) is 0.0769. The smallest absolute Gasteiger partial charge is 0.355 e. The Morgan fingerprint density at radius 2 is 1.89 bits per heavy atom. The van der Waals surface area contributed by atoms with Crippen LogP contribution in [-0.4, -0.2) is 15.9 Å². The van der Waals surface area contributed by atoms with Gasteiger partial charge in [-0.05, 0) is 66.4 Å². The second-order valence-electron chi connectivity index (χ2n) is 7.99. The fourth-order valence-electron chi connectivity index (χ4n) is 3.72. The SMILES string of the molecule is Cc1ccc(C(=O)Nc2cccc(C(F)(F)F)c2)cc1Nc1cc(-c2ccsc2)nc2[nH]ccc12. The molecule has 2 aromatic carbocycles. The van der Waals surface area contributed by atoms with Crippen LogP contribution in [-0.2, 0) is 6.18 Å². The third-order valence-corrected chi connectivity index (χ3v) is 6.25. The van der Waals surface area contributed by atoms with Crippen molar-refractivity contribution < 1.29 is 18.0 Å². The molecule has 176 valence electrons. The first-order chi connectivity index (χ1) is 16.8. The minimum absolute atomic E-state index is 0.0727. The van der Waals surface area contributed by atoms with E-state index in [0.29, 0.717) is 11.3 Å². The number of carbonyl (C=O) groups excluding carboxylic acids is 1. The number of hydrogen-bond donors (Lipinski definition) is 3. The first kappa shape index (κ1) is 22.7. The van der Waals surface area contributed by atoms with E-state index < -0.39 is 17.6 Å². The Hall–Kier alpha value is -4.11. The summed E-state index contributed by atoms with van der Waals surface area (Å²) < 4.78 is 39.0. The van der Waals surface area contributed by atoms with E-state index >= 15 is 0 Å². The summed E-state index contributed by atoms with van der Waals surface area (Å²) in [5.74, 6) is -0.507. The van der Waals surface area contributed by atoms with Crippen LogP contribution in [0.5, 0.6) is 0 Å². The highest BCUT2D eigenvalue weighted by Gasteiger charge is 2.30. The molecule has 0 saturated carbocycles. The van der Waals surface area contributed by atoms with Gasteiger partial charge in [0.25, 0.3) is 5.91 Å². The Kier molecular flexibility index (Phi) is 5.78. The van der Waals surface area contributed by atoms with Crippen LogP contribution in [0.15, 0.2) is 77.6 Å². The molecular weight excluding hydrogens is 473 g/mol. The van der Waals surface area contributed by atoms with E-state index in [4.69, 9.17) is 0 Å². The van der Waals surface area contributed by atoms with Gasteiger partial charge in [-0.2, -0.15) is 24.5 Å². The molecule has 35 heavy (non-hydrogen) atoms. The van der Waals surface area contributed by atoms with Gasteiger partial charge in [0.05, 0.1) is 16.9 Å². The van der Waals surface area contributed by atoms with Crippen molar-refractivity contribution in [1.82, 2.24) is 9.97 Å². The number of halogens is 3. The van der Waals surface area contributed by atoms with Gasteiger partial charge in [0.2, 0.25) is 0 Å². The number of pyridine rings is 1. The van der Waals surface area contributed by atoms with Gasteiger partial charge < -0.3 is 15.6 Å². The molecule has 0 aliphatic rings. The van der Waals surface area contributed by atoms with Crippen molar-refractivity contribution in [2.45, 2.75) is 13.1 Å². The molecule has 5 nitrogen and oxygen atoms in total. The van der Waals surface area contributed by atoms with Gasteiger partial charge in [-0.3, -0.25) is 4.79 Å². The molecule has 1 amide bonds. The molecular formula is C26H19F3N4OS. The van der Waals surface area contributed by atoms with Gasteiger partial charge in [-0.15, -0.1) is 0 Å². The number of rotatable bonds is 5. The molecule has 3 heterocycles. The molecule has 0 bridgehead atoms. The van der Waals surface area contributed by atoms with Crippen LogP contribution in [0, 0.1) is 6.92 Å². The van der Waals surface area contributed by atoms with Crippen LogP contribution >= 0.6 is 11.3 Å². The second-order valence-corrected chi connectivity index (χ2v) is 8.77. The summed E-state index contributed by atoms with van der Waals surface area (Å²) in [7, 11) is 0. The maximum atomic E-state index is 13.0. The summed E-state index contributed by atoms with van der Waals surface area (Å²) >= 11 is 1.58. The highest BCUT2D eigenvalue weighted by molar-refractivity contribution is 7.08. The molecule has 0 unspecified atom stereocenters. The first-order valence-corrected chi connectivity index (χ1v) is 11.6. The van der Waals surface area contributed by atoms with Gasteiger partial charge in [-0.25, -0.2) is 4.98 Å². The molecule has 0 aliphatic heterocycles. The van der Waals surface area contributed by atoms with Gasteiger partial charge >= 0.3 is 6.18 Å². The molecule has 0 spiro atoms. The van der Waals surface area contributed by atoms with E-state index in [9.17, 15) is 18.0 Å². The highest BCUT2D eigenvalue weighted by atomic mass is 32.1. The predicted octanol–water partition coefficient (Wildman–Crippen LogP) is 7.61. The highest BCUT2D eigenvalue weighted by Crippen LogP contribution is 2.33. The number of aromatic amines is 1. The van der Waals surface area contributed by atoms with Crippen molar-refractivity contribution >= 4 is 45.3 Å². The largest absolute Gasteiger partial charge is 0.416 e. The number of nitrogens with one attached hydrogen (secondary N) is 3. The van der Waals surface area contributed by atoms with Crippen molar-refractivity contribution in [2.75, 3.05) is 10.6 Å². The average Bonchev–Trinajstić information content (AvgIpc) is 3.52. The number of thiophene rings is 1. The average molecular weight is 493 g/mol. The van der Waals surface area contributed by atoms with E-state index in [1.807, 2.05) is 42.1 Å². The van der Waals surface area contributed by atoms with Gasteiger partial charge in [0, 0.05) is 39.5 Å². The van der Waals surface area contributed by atoms with Crippen molar-refractivity contribution in [2.24, 2.45) is 0 Å². The molecule has 0 aliphatic carbocycles. The van der Waals surface area contributed by atoms with Crippen LogP contribution in [0.25, 0.3) is 22.3 Å². The van der Waals surface area contributed by atoms with Crippen LogP contribution in [0.1, 0.15) is 21.5 Å². The molecule has 5 rings (SSSR count). The number of carbonyl (C=O) groups is 1. The zero-order valence-corrected chi connectivity index (χ0v) is 19.2. The van der Waals surface area contributed by atoms with Gasteiger partial charge in [-0.1, -0.05) is 12.1 Å². The number of benzene rings is 2. The van der Waals surface area contributed by atoms with Crippen LogP contribution in [0.4, 0.5) is 30.2 Å². The number of aromatic nitrogens is 2. The Bertz CT molecular complexity index is 1520. The third-order valence-electron chi connectivity index (χ3n) is 5.56. The van der Waals surface area contributed by atoms with Gasteiger partial charge in [0.15, 0.2) is 0 Å². The predicted molar refractivity (Wildman–Crippen MR) is 133 cm³/mol. The molecule has 0 radical (unpaired) electrons. The number of nitrogens with zero attached hydrogens (tertiary/aromatic N) is 1. The zero-order chi connectivity index (χ0) is 24.6. The minimum atomic E-state index is -4.49. The number of H-pyrrole nitrogens is 1. The van der Waals surface area contributed by atoms with Crippen molar-refractivity contribution in [1.29, 1.82) is 0 Å². The first-order valence-electron chi connectivity index (χ1n) is 10.6. The normalized spacial score (nSPS) is 11.5. The summed E-state index contributed by atoms with van der Waals surface area (Å²) in [6.07, 6.45) is -2.68. The minimum Gasteiger partial charge on any atom is -0.355 e. The number of alkyl halides is 3. The lowest BCUT2D eigenvalue weighted by atomic mass is 10.1. The van der Waals surface area contributed by atoms with Crippen molar-refractivity contribution in [3.63, 3.8) is 0 Å². The molecule has 0 atom stereocenters. The lowest BCUT2D eigenvalue weighted by Crippen LogP contribution is -2.13.